The minimum absolute atomic E-state index is 0.122. The number of esters is 1. The molecule has 3 aromatic rings. The molecule has 0 saturated heterocycles. The van der Waals surface area contributed by atoms with E-state index in [1.165, 1.54) is 61.5 Å². The number of amides is 1. The number of nitro groups is 1. The molecule has 1 heterocycles. The van der Waals surface area contributed by atoms with E-state index in [9.17, 15) is 28.1 Å². The van der Waals surface area contributed by atoms with Gasteiger partial charge in [0.15, 0.2) is 6.10 Å². The summed E-state index contributed by atoms with van der Waals surface area (Å²) in [5.41, 5.74) is 0.576. The van der Waals surface area contributed by atoms with Crippen molar-refractivity contribution in [2.45, 2.75) is 17.2 Å². The summed E-state index contributed by atoms with van der Waals surface area (Å²) in [4.78, 5) is 34.6. The van der Waals surface area contributed by atoms with Crippen LogP contribution >= 0.6 is 11.3 Å². The fourth-order valence-electron chi connectivity index (χ4n) is 2.49. The molecule has 0 aliphatic heterocycles. The molecule has 1 atom stereocenters. The maximum atomic E-state index is 12.3. The van der Waals surface area contributed by atoms with Gasteiger partial charge in [0.2, 0.25) is 0 Å². The quantitative estimate of drug-likeness (QED) is 0.287. The third-order valence-electron chi connectivity index (χ3n) is 4.13. The Morgan fingerprint density at radius 2 is 1.66 bits per heavy atom. The predicted molar refractivity (Wildman–Crippen MR) is 118 cm³/mol. The van der Waals surface area contributed by atoms with Crippen LogP contribution in [-0.2, 0) is 19.6 Å². The van der Waals surface area contributed by atoms with E-state index in [4.69, 9.17) is 4.74 Å². The second kappa shape index (κ2) is 9.58. The molecular weight excluding hydrogens is 458 g/mol. The summed E-state index contributed by atoms with van der Waals surface area (Å²) in [5, 5.41) is 14.8. The zero-order valence-corrected chi connectivity index (χ0v) is 18.2. The van der Waals surface area contributed by atoms with E-state index in [2.05, 4.69) is 10.0 Å². The van der Waals surface area contributed by atoms with Gasteiger partial charge in [-0.05, 0) is 54.8 Å². The largest absolute Gasteiger partial charge is 0.449 e. The lowest BCUT2D eigenvalue weighted by atomic mass is 10.2. The van der Waals surface area contributed by atoms with E-state index in [0.717, 1.165) is 11.3 Å². The second-order valence-electron chi connectivity index (χ2n) is 6.46. The number of nitrogens with zero attached hydrogens (tertiary/aromatic N) is 1. The molecule has 0 fully saturated rings. The van der Waals surface area contributed by atoms with Gasteiger partial charge in [-0.15, -0.1) is 11.3 Å². The minimum Gasteiger partial charge on any atom is -0.449 e. The van der Waals surface area contributed by atoms with Crippen LogP contribution in [0.3, 0.4) is 0 Å². The third kappa shape index (κ3) is 5.68. The highest BCUT2D eigenvalue weighted by Gasteiger charge is 2.20. The smallest absolute Gasteiger partial charge is 0.338 e. The maximum absolute atomic E-state index is 12.3. The first-order chi connectivity index (χ1) is 15.2. The lowest BCUT2D eigenvalue weighted by Gasteiger charge is -2.14. The van der Waals surface area contributed by atoms with Gasteiger partial charge in [-0.25, -0.2) is 13.2 Å². The molecule has 0 bridgehead atoms. The van der Waals surface area contributed by atoms with Gasteiger partial charge in [-0.3, -0.25) is 19.6 Å². The Bertz CT molecular complexity index is 1220. The highest BCUT2D eigenvalue weighted by molar-refractivity contribution is 7.94. The van der Waals surface area contributed by atoms with Crippen LogP contribution in [0.5, 0.6) is 0 Å². The van der Waals surface area contributed by atoms with Crippen molar-refractivity contribution in [2.24, 2.45) is 0 Å². The van der Waals surface area contributed by atoms with Gasteiger partial charge in [0.05, 0.1) is 10.5 Å². The number of sulfonamides is 1. The summed E-state index contributed by atoms with van der Waals surface area (Å²) in [5.74, 6) is -1.39. The maximum Gasteiger partial charge on any atom is 0.338 e. The van der Waals surface area contributed by atoms with E-state index >= 15 is 0 Å². The first kappa shape index (κ1) is 22.9. The Hall–Kier alpha value is -3.77. The number of rotatable bonds is 8. The van der Waals surface area contributed by atoms with Gasteiger partial charge in [0, 0.05) is 23.5 Å². The second-order valence-corrected chi connectivity index (χ2v) is 9.31. The van der Waals surface area contributed by atoms with Crippen molar-refractivity contribution in [1.82, 2.24) is 0 Å². The number of benzene rings is 2. The van der Waals surface area contributed by atoms with Crippen molar-refractivity contribution in [3.63, 3.8) is 0 Å². The van der Waals surface area contributed by atoms with Gasteiger partial charge in [0.25, 0.3) is 21.6 Å². The van der Waals surface area contributed by atoms with Crippen molar-refractivity contribution in [2.75, 3.05) is 10.0 Å². The van der Waals surface area contributed by atoms with Gasteiger partial charge in [-0.2, -0.15) is 0 Å². The highest BCUT2D eigenvalue weighted by Crippen LogP contribution is 2.21. The molecule has 0 aliphatic carbocycles. The summed E-state index contributed by atoms with van der Waals surface area (Å²) in [6.07, 6.45) is -1.14. The van der Waals surface area contributed by atoms with Crippen molar-refractivity contribution in [1.29, 1.82) is 0 Å². The van der Waals surface area contributed by atoms with Crippen LogP contribution in [0.2, 0.25) is 0 Å². The van der Waals surface area contributed by atoms with Crippen LogP contribution in [0, 0.1) is 10.1 Å². The van der Waals surface area contributed by atoms with Crippen LogP contribution < -0.4 is 10.0 Å². The number of hydrogen-bond donors (Lipinski definition) is 2. The van der Waals surface area contributed by atoms with E-state index in [-0.39, 0.29) is 21.1 Å². The summed E-state index contributed by atoms with van der Waals surface area (Å²) < 4.78 is 32.2. The first-order valence-corrected chi connectivity index (χ1v) is 11.4. The van der Waals surface area contributed by atoms with Gasteiger partial charge in [0.1, 0.15) is 4.21 Å². The van der Waals surface area contributed by atoms with Crippen LogP contribution in [0.25, 0.3) is 0 Å². The number of anilines is 2. The number of carbonyl (C=O) groups excluding carboxylic acids is 2. The van der Waals surface area contributed by atoms with Crippen molar-refractivity contribution in [3.05, 3.63) is 81.7 Å². The van der Waals surface area contributed by atoms with Gasteiger partial charge >= 0.3 is 5.97 Å². The van der Waals surface area contributed by atoms with Gasteiger partial charge in [-0.1, -0.05) is 6.07 Å². The molecule has 32 heavy (non-hydrogen) atoms. The number of hydrogen-bond acceptors (Lipinski definition) is 8. The Morgan fingerprint density at radius 1 is 1.03 bits per heavy atom. The molecule has 1 aromatic heterocycles. The molecule has 10 nitrogen and oxygen atoms in total. The average molecular weight is 476 g/mol. The number of ether oxygens (including phenoxy) is 1. The molecule has 166 valence electrons. The SMILES string of the molecule is C[C@H](OC(=O)c1ccc(NS(=O)(=O)c2cccs2)cc1)C(=O)Nc1ccc([N+](=O)[O-])cc1. The van der Waals surface area contributed by atoms with E-state index in [1.54, 1.807) is 11.4 Å². The molecule has 0 unspecified atom stereocenters. The molecule has 0 spiro atoms. The number of nitro benzene ring substituents is 1. The van der Waals surface area contributed by atoms with Crippen LogP contribution in [0.4, 0.5) is 17.1 Å². The standard InChI is InChI=1S/C20H17N3O7S2/c1-13(19(24)21-15-8-10-17(11-9-15)23(26)27)30-20(25)14-4-6-16(7-5-14)22-32(28,29)18-3-2-12-31-18/h2-13,22H,1H3,(H,21,24)/t13-/m0/s1. The summed E-state index contributed by atoms with van der Waals surface area (Å²) in [6, 6.07) is 13.8. The molecule has 2 aromatic carbocycles. The third-order valence-corrected chi connectivity index (χ3v) is 6.91. The number of nitrogens with one attached hydrogen (secondary N) is 2. The Balaban J connectivity index is 1.57. The van der Waals surface area contributed by atoms with Crippen molar-refractivity contribution >= 4 is 50.3 Å². The van der Waals surface area contributed by atoms with Crippen LogP contribution in [-0.4, -0.2) is 31.3 Å². The summed E-state index contributed by atoms with van der Waals surface area (Å²) in [7, 11) is -3.71. The molecule has 0 aliphatic rings. The molecule has 2 N–H and O–H groups in total. The zero-order valence-electron chi connectivity index (χ0n) is 16.5. The predicted octanol–water partition coefficient (Wildman–Crippen LogP) is 3.64. The van der Waals surface area contributed by atoms with Crippen LogP contribution in [0.15, 0.2) is 70.3 Å². The number of non-ortho nitro benzene ring substituents is 1. The normalized spacial score (nSPS) is 11.9. The number of thiophene rings is 1. The zero-order chi connectivity index (χ0) is 23.3. The minimum atomic E-state index is -3.71. The molecule has 0 saturated carbocycles. The average Bonchev–Trinajstić information content (AvgIpc) is 3.30. The highest BCUT2D eigenvalue weighted by atomic mass is 32.2. The Labute approximate surface area is 187 Å². The van der Waals surface area contributed by atoms with Crippen LogP contribution in [0.1, 0.15) is 17.3 Å². The lowest BCUT2D eigenvalue weighted by molar-refractivity contribution is -0.384. The van der Waals surface area contributed by atoms with Crippen molar-refractivity contribution in [3.8, 4) is 0 Å². The first-order valence-electron chi connectivity index (χ1n) is 9.08. The lowest BCUT2D eigenvalue weighted by Crippen LogP contribution is -2.30. The molecule has 0 radical (unpaired) electrons. The fraction of sp³-hybridized carbons (Fsp3) is 0.100. The van der Waals surface area contributed by atoms with Crippen molar-refractivity contribution < 1.29 is 27.7 Å². The monoisotopic (exact) mass is 475 g/mol. The fourth-order valence-corrected chi connectivity index (χ4v) is 4.54. The molecule has 1 amide bonds. The Morgan fingerprint density at radius 3 is 2.22 bits per heavy atom. The molecule has 3 rings (SSSR count). The number of carbonyl (C=O) groups is 2. The Kier molecular flexibility index (Phi) is 6.85. The van der Waals surface area contributed by atoms with Gasteiger partial charge < -0.3 is 10.1 Å². The topological polar surface area (TPSA) is 145 Å². The molecule has 12 heteroatoms. The van der Waals surface area contributed by atoms with E-state index < -0.39 is 32.9 Å². The van der Waals surface area contributed by atoms with E-state index in [0.29, 0.717) is 5.69 Å². The summed E-state index contributed by atoms with van der Waals surface area (Å²) >= 11 is 1.08. The van der Waals surface area contributed by atoms with E-state index in [1.807, 2.05) is 0 Å². The molecular formula is C20H17N3O7S2. The summed E-state index contributed by atoms with van der Waals surface area (Å²) in [6.45, 7) is 1.38.